The molecular weight excluding hydrogens is 344 g/mol. The quantitative estimate of drug-likeness (QED) is 0.535. The third-order valence-electron chi connectivity index (χ3n) is 4.72. The van der Waals surface area contributed by atoms with E-state index in [0.29, 0.717) is 27.7 Å². The molecule has 0 spiro atoms. The van der Waals surface area contributed by atoms with Gasteiger partial charge in [0.2, 0.25) is 0 Å². The molecule has 0 aliphatic rings. The fourth-order valence-electron chi connectivity index (χ4n) is 3.06. The number of aromatic amines is 1. The van der Waals surface area contributed by atoms with Gasteiger partial charge >= 0.3 is 5.63 Å². The van der Waals surface area contributed by atoms with Crippen LogP contribution >= 0.6 is 0 Å². The number of aromatic nitrogens is 1. The fourth-order valence-corrected chi connectivity index (χ4v) is 3.06. The molecule has 1 amide bonds. The highest BCUT2D eigenvalue weighted by Gasteiger charge is 2.14. The Kier molecular flexibility index (Phi) is 3.88. The summed E-state index contributed by atoms with van der Waals surface area (Å²) in [6, 6.07) is 13.7. The van der Waals surface area contributed by atoms with Crippen LogP contribution in [0.5, 0.6) is 0 Å². The minimum Gasteiger partial charge on any atom is -0.422 e. The van der Waals surface area contributed by atoms with Crippen molar-refractivity contribution in [2.45, 2.75) is 13.8 Å². The molecule has 2 aromatic carbocycles. The van der Waals surface area contributed by atoms with Gasteiger partial charge in [0.05, 0.1) is 5.52 Å². The number of hydrogen-bond acceptors (Lipinski definition) is 4. The number of anilines is 1. The molecule has 0 aliphatic carbocycles. The van der Waals surface area contributed by atoms with Crippen molar-refractivity contribution in [3.63, 3.8) is 0 Å². The average molecular weight is 360 g/mol. The number of pyridine rings is 1. The summed E-state index contributed by atoms with van der Waals surface area (Å²) in [7, 11) is 0. The van der Waals surface area contributed by atoms with Crippen LogP contribution in [0.25, 0.3) is 21.9 Å². The predicted octanol–water partition coefficient (Wildman–Crippen LogP) is 3.50. The van der Waals surface area contributed by atoms with E-state index in [9.17, 15) is 14.4 Å². The van der Waals surface area contributed by atoms with Gasteiger partial charge in [-0.1, -0.05) is 24.3 Å². The summed E-state index contributed by atoms with van der Waals surface area (Å²) >= 11 is 0. The van der Waals surface area contributed by atoms with Crippen molar-refractivity contribution in [1.29, 1.82) is 0 Å². The number of carbonyl (C=O) groups excluding carboxylic acids is 1. The molecule has 0 atom stereocenters. The molecule has 0 bridgehead atoms. The second kappa shape index (κ2) is 6.25. The van der Waals surface area contributed by atoms with Crippen molar-refractivity contribution in [3.8, 4) is 0 Å². The number of amides is 1. The molecule has 134 valence electrons. The summed E-state index contributed by atoms with van der Waals surface area (Å²) in [6.07, 6.45) is 0. The van der Waals surface area contributed by atoms with Crippen LogP contribution in [-0.4, -0.2) is 10.9 Å². The zero-order valence-electron chi connectivity index (χ0n) is 14.8. The van der Waals surface area contributed by atoms with Gasteiger partial charge in [0, 0.05) is 22.0 Å². The lowest BCUT2D eigenvalue weighted by Gasteiger charge is -2.09. The van der Waals surface area contributed by atoms with E-state index in [1.807, 2.05) is 13.0 Å². The maximum Gasteiger partial charge on any atom is 0.349 e. The normalized spacial score (nSPS) is 11.0. The van der Waals surface area contributed by atoms with Crippen LogP contribution in [0.3, 0.4) is 0 Å². The van der Waals surface area contributed by atoms with Crippen LogP contribution in [0.15, 0.2) is 62.5 Å². The molecule has 6 nitrogen and oxygen atoms in total. The van der Waals surface area contributed by atoms with Crippen LogP contribution in [-0.2, 0) is 0 Å². The van der Waals surface area contributed by atoms with Gasteiger partial charge < -0.3 is 14.7 Å². The van der Waals surface area contributed by atoms with Gasteiger partial charge in [0.25, 0.3) is 11.5 Å². The van der Waals surface area contributed by atoms with Gasteiger partial charge in [0.15, 0.2) is 0 Å². The third-order valence-corrected chi connectivity index (χ3v) is 4.72. The largest absolute Gasteiger partial charge is 0.422 e. The number of hydrogen-bond donors (Lipinski definition) is 2. The van der Waals surface area contributed by atoms with Crippen molar-refractivity contribution in [2.75, 3.05) is 5.32 Å². The molecule has 2 N–H and O–H groups in total. The molecule has 0 radical (unpaired) electrons. The first kappa shape index (κ1) is 16.8. The van der Waals surface area contributed by atoms with Gasteiger partial charge in [-0.3, -0.25) is 9.59 Å². The lowest BCUT2D eigenvalue weighted by Crippen LogP contribution is -2.20. The molecule has 4 aromatic rings. The standard InChI is InChI=1S/C21H16N2O4/c1-11-12(2)19(24)23-17-10-14(7-8-15(11)17)22-20(25)16-9-13-5-3-4-6-18(13)27-21(16)26/h3-10H,1-2H3,(H,22,25)(H,23,24). The maximum atomic E-state index is 12.6. The van der Waals surface area contributed by atoms with Crippen molar-refractivity contribution in [1.82, 2.24) is 4.98 Å². The first-order valence-electron chi connectivity index (χ1n) is 8.41. The molecule has 6 heteroatoms. The Bertz CT molecular complexity index is 1330. The van der Waals surface area contributed by atoms with Crippen molar-refractivity contribution < 1.29 is 9.21 Å². The summed E-state index contributed by atoms with van der Waals surface area (Å²) in [4.78, 5) is 39.5. The Hall–Kier alpha value is -3.67. The average Bonchev–Trinajstić information content (AvgIpc) is 2.65. The van der Waals surface area contributed by atoms with Gasteiger partial charge in [0.1, 0.15) is 11.1 Å². The third kappa shape index (κ3) is 2.91. The number of fused-ring (bicyclic) bond motifs is 2. The van der Waals surface area contributed by atoms with Crippen LogP contribution < -0.4 is 16.5 Å². The number of benzene rings is 2. The molecule has 27 heavy (non-hydrogen) atoms. The van der Waals surface area contributed by atoms with E-state index in [2.05, 4.69) is 10.3 Å². The van der Waals surface area contributed by atoms with Crippen molar-refractivity contribution >= 4 is 33.5 Å². The van der Waals surface area contributed by atoms with E-state index in [1.54, 1.807) is 43.3 Å². The lowest BCUT2D eigenvalue weighted by atomic mass is 10.1. The summed E-state index contributed by atoms with van der Waals surface area (Å²) in [5, 5.41) is 4.25. The van der Waals surface area contributed by atoms with E-state index >= 15 is 0 Å². The molecule has 4 rings (SSSR count). The Labute approximate surface area is 153 Å². The number of H-pyrrole nitrogens is 1. The van der Waals surface area contributed by atoms with E-state index in [-0.39, 0.29) is 11.1 Å². The van der Waals surface area contributed by atoms with Gasteiger partial charge in [-0.15, -0.1) is 0 Å². The Morgan fingerprint density at radius 1 is 1.00 bits per heavy atom. The summed E-state index contributed by atoms with van der Waals surface area (Å²) in [5.41, 5.74) is 2.11. The summed E-state index contributed by atoms with van der Waals surface area (Å²) in [6.45, 7) is 3.65. The van der Waals surface area contributed by atoms with Crippen molar-refractivity contribution in [2.24, 2.45) is 0 Å². The molecule has 0 aliphatic heterocycles. The van der Waals surface area contributed by atoms with E-state index in [1.165, 1.54) is 6.07 Å². The lowest BCUT2D eigenvalue weighted by molar-refractivity contribution is 0.102. The second-order valence-electron chi connectivity index (χ2n) is 6.40. The van der Waals surface area contributed by atoms with Gasteiger partial charge in [-0.05, 0) is 43.7 Å². The molecule has 2 aromatic heterocycles. The number of rotatable bonds is 2. The van der Waals surface area contributed by atoms with Crippen molar-refractivity contribution in [3.05, 3.63) is 86.0 Å². The molecule has 0 saturated heterocycles. The predicted molar refractivity (Wildman–Crippen MR) is 104 cm³/mol. The SMILES string of the molecule is Cc1c(C)c2ccc(NC(=O)c3cc4ccccc4oc3=O)cc2[nH]c1=O. The number of para-hydroxylation sites is 1. The van der Waals surface area contributed by atoms with Gasteiger partial charge in [-0.2, -0.15) is 0 Å². The van der Waals surface area contributed by atoms with Gasteiger partial charge in [-0.25, -0.2) is 4.79 Å². The Morgan fingerprint density at radius 3 is 2.59 bits per heavy atom. The topological polar surface area (TPSA) is 92.2 Å². The molecule has 0 fully saturated rings. The highest BCUT2D eigenvalue weighted by atomic mass is 16.4. The number of aryl methyl sites for hydroxylation is 1. The number of carbonyl (C=O) groups is 1. The highest BCUT2D eigenvalue weighted by Crippen LogP contribution is 2.21. The smallest absolute Gasteiger partial charge is 0.349 e. The zero-order chi connectivity index (χ0) is 19.1. The molecule has 0 saturated carbocycles. The molecule has 0 unspecified atom stereocenters. The zero-order valence-corrected chi connectivity index (χ0v) is 14.8. The number of nitrogens with one attached hydrogen (secondary N) is 2. The monoisotopic (exact) mass is 360 g/mol. The minimum atomic E-state index is -0.702. The fraction of sp³-hybridized carbons (Fsp3) is 0.0952. The van der Waals surface area contributed by atoms with Crippen LogP contribution in [0.1, 0.15) is 21.5 Å². The van der Waals surface area contributed by atoms with E-state index < -0.39 is 11.5 Å². The second-order valence-corrected chi connectivity index (χ2v) is 6.40. The first-order valence-corrected chi connectivity index (χ1v) is 8.41. The Balaban J connectivity index is 1.73. The molecular formula is C21H16N2O4. The van der Waals surface area contributed by atoms with Crippen LogP contribution in [0.4, 0.5) is 5.69 Å². The summed E-state index contributed by atoms with van der Waals surface area (Å²) in [5.74, 6) is -0.569. The molecule has 2 heterocycles. The minimum absolute atomic E-state index is 0.0811. The van der Waals surface area contributed by atoms with E-state index in [4.69, 9.17) is 4.42 Å². The summed E-state index contributed by atoms with van der Waals surface area (Å²) < 4.78 is 5.20. The first-order chi connectivity index (χ1) is 12.9. The maximum absolute atomic E-state index is 12.6. The highest BCUT2D eigenvalue weighted by molar-refractivity contribution is 6.06. The van der Waals surface area contributed by atoms with Crippen LogP contribution in [0.2, 0.25) is 0 Å². The van der Waals surface area contributed by atoms with E-state index in [0.717, 1.165) is 10.9 Å². The Morgan fingerprint density at radius 2 is 1.78 bits per heavy atom. The van der Waals surface area contributed by atoms with Crippen LogP contribution in [0, 0.1) is 13.8 Å².